The number of ether oxygens (including phenoxy) is 1. The molecule has 0 saturated heterocycles. The third kappa shape index (κ3) is 2.67. The lowest BCUT2D eigenvalue weighted by molar-refractivity contribution is 0.274. The molecular formula is C14H11Cl2FN2O. The summed E-state index contributed by atoms with van der Waals surface area (Å²) >= 11 is 12.2. The first kappa shape index (κ1) is 13.5. The molecule has 3 rings (SSSR count). The molecule has 1 aliphatic heterocycles. The van der Waals surface area contributed by atoms with Crippen LogP contribution in [0, 0.1) is 5.95 Å². The Balaban J connectivity index is 1.94. The molecule has 0 aliphatic carbocycles. The van der Waals surface area contributed by atoms with Gasteiger partial charge in [-0.15, -0.1) is 0 Å². The Labute approximate surface area is 125 Å². The fraction of sp³-hybridized carbons (Fsp3) is 0.214. The van der Waals surface area contributed by atoms with E-state index >= 15 is 0 Å². The van der Waals surface area contributed by atoms with E-state index in [-0.39, 0.29) is 6.04 Å². The van der Waals surface area contributed by atoms with Crippen LogP contribution in [0.3, 0.4) is 0 Å². The second kappa shape index (κ2) is 5.46. The molecule has 0 bridgehead atoms. The quantitative estimate of drug-likeness (QED) is 0.831. The lowest BCUT2D eigenvalue weighted by Crippen LogP contribution is -2.21. The second-order valence-corrected chi connectivity index (χ2v) is 5.33. The maximum absolute atomic E-state index is 13.1. The standard InChI is InChI=1S/C14H11Cl2FN2O/c15-8-6-9-11(4-5-20-14(9)10(16)7-8)18-13-3-1-2-12(17)19-13/h1-3,6-7,11H,4-5H2,(H,18,19). The molecule has 1 aromatic carbocycles. The van der Waals surface area contributed by atoms with E-state index < -0.39 is 5.95 Å². The minimum Gasteiger partial charge on any atom is -0.492 e. The first-order valence-electron chi connectivity index (χ1n) is 6.14. The second-order valence-electron chi connectivity index (χ2n) is 4.49. The van der Waals surface area contributed by atoms with Crippen molar-refractivity contribution >= 4 is 29.0 Å². The van der Waals surface area contributed by atoms with Gasteiger partial charge in [-0.25, -0.2) is 4.98 Å². The summed E-state index contributed by atoms with van der Waals surface area (Å²) in [6, 6.07) is 8.00. The molecule has 20 heavy (non-hydrogen) atoms. The summed E-state index contributed by atoms with van der Waals surface area (Å²) in [5.41, 5.74) is 0.861. The van der Waals surface area contributed by atoms with E-state index in [1.807, 2.05) is 0 Å². The van der Waals surface area contributed by atoms with Gasteiger partial charge in [0, 0.05) is 17.0 Å². The van der Waals surface area contributed by atoms with Crippen molar-refractivity contribution in [3.05, 3.63) is 51.9 Å². The maximum Gasteiger partial charge on any atom is 0.214 e. The normalized spacial score (nSPS) is 17.2. The molecule has 0 saturated carbocycles. The minimum atomic E-state index is -0.522. The van der Waals surface area contributed by atoms with E-state index in [0.717, 1.165) is 12.0 Å². The highest BCUT2D eigenvalue weighted by Gasteiger charge is 2.24. The molecule has 1 atom stereocenters. The van der Waals surface area contributed by atoms with E-state index in [0.29, 0.717) is 28.2 Å². The smallest absolute Gasteiger partial charge is 0.214 e. The number of hydrogen-bond donors (Lipinski definition) is 1. The van der Waals surface area contributed by atoms with Crippen molar-refractivity contribution < 1.29 is 9.13 Å². The summed E-state index contributed by atoms with van der Waals surface area (Å²) in [5.74, 6) is 0.571. The first-order chi connectivity index (χ1) is 9.63. The molecule has 104 valence electrons. The highest BCUT2D eigenvalue weighted by Crippen LogP contribution is 2.41. The number of nitrogens with zero attached hydrogens (tertiary/aromatic N) is 1. The van der Waals surface area contributed by atoms with Crippen LogP contribution >= 0.6 is 23.2 Å². The zero-order chi connectivity index (χ0) is 14.1. The van der Waals surface area contributed by atoms with Crippen molar-refractivity contribution in [2.24, 2.45) is 0 Å². The minimum absolute atomic E-state index is 0.0655. The van der Waals surface area contributed by atoms with Crippen LogP contribution in [0.5, 0.6) is 5.75 Å². The molecule has 0 radical (unpaired) electrons. The van der Waals surface area contributed by atoms with Gasteiger partial charge in [0.2, 0.25) is 5.95 Å². The monoisotopic (exact) mass is 312 g/mol. The molecular weight excluding hydrogens is 302 g/mol. The predicted molar refractivity (Wildman–Crippen MR) is 77.1 cm³/mol. The van der Waals surface area contributed by atoms with Crippen LogP contribution in [-0.2, 0) is 0 Å². The van der Waals surface area contributed by atoms with Gasteiger partial charge in [0.15, 0.2) is 0 Å². The Morgan fingerprint density at radius 2 is 2.15 bits per heavy atom. The first-order valence-corrected chi connectivity index (χ1v) is 6.90. The molecule has 0 amide bonds. The summed E-state index contributed by atoms with van der Waals surface area (Å²) in [5, 5.41) is 4.20. The number of rotatable bonds is 2. The van der Waals surface area contributed by atoms with Crippen LogP contribution in [0.1, 0.15) is 18.0 Å². The fourth-order valence-corrected chi connectivity index (χ4v) is 2.81. The van der Waals surface area contributed by atoms with Gasteiger partial charge in [0.05, 0.1) is 17.7 Å². The Kier molecular flexibility index (Phi) is 3.68. The van der Waals surface area contributed by atoms with E-state index in [9.17, 15) is 4.39 Å². The topological polar surface area (TPSA) is 34.1 Å². The Morgan fingerprint density at radius 1 is 1.30 bits per heavy atom. The van der Waals surface area contributed by atoms with E-state index in [2.05, 4.69) is 10.3 Å². The number of pyridine rings is 1. The van der Waals surface area contributed by atoms with E-state index in [4.69, 9.17) is 27.9 Å². The van der Waals surface area contributed by atoms with Gasteiger partial charge in [0.25, 0.3) is 0 Å². The summed E-state index contributed by atoms with van der Waals surface area (Å²) in [6.07, 6.45) is 0.724. The van der Waals surface area contributed by atoms with Crippen molar-refractivity contribution in [2.45, 2.75) is 12.5 Å². The molecule has 0 fully saturated rings. The molecule has 2 heterocycles. The Bertz CT molecular complexity index is 651. The number of nitrogens with one attached hydrogen (secondary N) is 1. The largest absolute Gasteiger partial charge is 0.492 e. The van der Waals surface area contributed by atoms with Crippen LogP contribution in [0.25, 0.3) is 0 Å². The molecule has 2 aromatic rings. The summed E-state index contributed by atoms with van der Waals surface area (Å²) in [6.45, 7) is 0.529. The number of halogens is 3. The predicted octanol–water partition coefficient (Wildman–Crippen LogP) is 4.46. The third-order valence-corrected chi connectivity index (χ3v) is 3.60. The number of hydrogen-bond acceptors (Lipinski definition) is 3. The van der Waals surface area contributed by atoms with Gasteiger partial charge >= 0.3 is 0 Å². The van der Waals surface area contributed by atoms with Gasteiger partial charge in [0.1, 0.15) is 11.6 Å². The summed E-state index contributed by atoms with van der Waals surface area (Å²) < 4.78 is 18.7. The van der Waals surface area contributed by atoms with Crippen molar-refractivity contribution in [2.75, 3.05) is 11.9 Å². The van der Waals surface area contributed by atoms with Crippen LogP contribution in [-0.4, -0.2) is 11.6 Å². The Hall–Kier alpha value is -1.52. The molecule has 1 aliphatic rings. The highest BCUT2D eigenvalue weighted by molar-refractivity contribution is 6.35. The number of anilines is 1. The highest BCUT2D eigenvalue weighted by atomic mass is 35.5. The molecule has 1 N–H and O–H groups in total. The molecule has 1 aromatic heterocycles. The fourth-order valence-electron chi connectivity index (χ4n) is 2.24. The van der Waals surface area contributed by atoms with Gasteiger partial charge < -0.3 is 10.1 Å². The number of aromatic nitrogens is 1. The molecule has 0 spiro atoms. The van der Waals surface area contributed by atoms with Crippen molar-refractivity contribution in [1.82, 2.24) is 4.98 Å². The number of fused-ring (bicyclic) bond motifs is 1. The summed E-state index contributed by atoms with van der Waals surface area (Å²) in [4.78, 5) is 3.80. The van der Waals surface area contributed by atoms with E-state index in [1.54, 1.807) is 24.3 Å². The van der Waals surface area contributed by atoms with Gasteiger partial charge in [-0.3, -0.25) is 0 Å². The Morgan fingerprint density at radius 3 is 2.95 bits per heavy atom. The third-order valence-electron chi connectivity index (χ3n) is 3.10. The summed E-state index contributed by atoms with van der Waals surface area (Å²) in [7, 11) is 0. The SMILES string of the molecule is Fc1cccc(NC2CCOc3c(Cl)cc(Cl)cc32)n1. The average molecular weight is 313 g/mol. The molecule has 3 nitrogen and oxygen atoms in total. The van der Waals surface area contributed by atoms with Gasteiger partial charge in [-0.2, -0.15) is 4.39 Å². The van der Waals surface area contributed by atoms with Crippen LogP contribution in [0.2, 0.25) is 10.0 Å². The lowest BCUT2D eigenvalue weighted by Gasteiger charge is -2.28. The van der Waals surface area contributed by atoms with Crippen molar-refractivity contribution in [1.29, 1.82) is 0 Å². The zero-order valence-corrected chi connectivity index (χ0v) is 11.9. The van der Waals surface area contributed by atoms with Crippen LogP contribution in [0.15, 0.2) is 30.3 Å². The van der Waals surface area contributed by atoms with Crippen molar-refractivity contribution in [3.63, 3.8) is 0 Å². The average Bonchev–Trinajstić information content (AvgIpc) is 2.40. The molecule has 1 unspecified atom stereocenters. The van der Waals surface area contributed by atoms with Gasteiger partial charge in [-0.05, 0) is 24.3 Å². The van der Waals surface area contributed by atoms with Crippen molar-refractivity contribution in [3.8, 4) is 5.75 Å². The lowest BCUT2D eigenvalue weighted by atomic mass is 10.0. The number of benzene rings is 1. The maximum atomic E-state index is 13.1. The van der Waals surface area contributed by atoms with Crippen LogP contribution in [0.4, 0.5) is 10.2 Å². The van der Waals surface area contributed by atoms with Gasteiger partial charge in [-0.1, -0.05) is 29.3 Å². The van der Waals surface area contributed by atoms with Crippen LogP contribution < -0.4 is 10.1 Å². The molecule has 6 heteroatoms. The van der Waals surface area contributed by atoms with E-state index in [1.165, 1.54) is 6.07 Å². The zero-order valence-electron chi connectivity index (χ0n) is 10.4.